The summed E-state index contributed by atoms with van der Waals surface area (Å²) in [7, 11) is 0. The van der Waals surface area contributed by atoms with Gasteiger partial charge in [0.15, 0.2) is 0 Å². The molecular weight excluding hydrogens is 366 g/mol. The predicted octanol–water partition coefficient (Wildman–Crippen LogP) is 3.36. The van der Waals surface area contributed by atoms with Crippen LogP contribution in [0.4, 0.5) is 0 Å². The van der Waals surface area contributed by atoms with Crippen molar-refractivity contribution in [3.05, 3.63) is 41.5 Å². The molecule has 0 bridgehead atoms. The first-order valence-corrected chi connectivity index (χ1v) is 4.76. The first-order chi connectivity index (χ1) is 6.16. The molecule has 0 atom stereocenters. The average Bonchev–Trinajstić information content (AvgIpc) is 2.08. The summed E-state index contributed by atoms with van der Waals surface area (Å²) in [6.45, 7) is 4.27. The molecule has 2 rings (SSSR count). The van der Waals surface area contributed by atoms with Crippen molar-refractivity contribution in [1.82, 2.24) is 0 Å². The van der Waals surface area contributed by atoms with Crippen molar-refractivity contribution in [2.75, 3.05) is 0 Å². The Morgan fingerprint density at radius 2 is 1.43 bits per heavy atom. The van der Waals surface area contributed by atoms with Crippen LogP contribution in [-0.2, 0) is 32.4 Å². The molecule has 0 aliphatic heterocycles. The largest absolute Gasteiger partial charge is 1.00 e. The molecular formula is C12H11OsS. The number of benzene rings is 2. The van der Waals surface area contributed by atoms with E-state index in [0.29, 0.717) is 0 Å². The Morgan fingerprint density at radius 1 is 0.857 bits per heavy atom. The summed E-state index contributed by atoms with van der Waals surface area (Å²) in [6, 6.07) is 10.5. The molecule has 0 aliphatic rings. The Morgan fingerprint density at radius 3 is 2.07 bits per heavy atom. The van der Waals surface area contributed by atoms with Crippen molar-refractivity contribution in [3.63, 3.8) is 0 Å². The Hall–Kier alpha value is -0.444. The molecule has 0 spiro atoms. The van der Waals surface area contributed by atoms with Crippen molar-refractivity contribution < 1.29 is 19.8 Å². The summed E-state index contributed by atoms with van der Waals surface area (Å²) >= 11 is 5.12. The second-order valence-corrected chi connectivity index (χ2v) is 3.92. The molecule has 0 saturated carbocycles. The van der Waals surface area contributed by atoms with E-state index in [1.165, 1.54) is 21.9 Å². The zero-order valence-electron chi connectivity index (χ0n) is 8.15. The van der Waals surface area contributed by atoms with Gasteiger partial charge in [0, 0.05) is 0 Å². The standard InChI is InChI=1S/C12H12S.Os/c1-8-5-10-3-4-12(13)7-11(10)6-9(8)2;/h3-7,13H,1-2H3;/q;+1/p-1. The number of fused-ring (bicyclic) bond motifs is 1. The maximum Gasteiger partial charge on any atom is 1.00 e. The quantitative estimate of drug-likeness (QED) is 0.635. The van der Waals surface area contributed by atoms with Crippen molar-refractivity contribution in [1.29, 1.82) is 0 Å². The van der Waals surface area contributed by atoms with Gasteiger partial charge in [-0.3, -0.25) is 0 Å². The van der Waals surface area contributed by atoms with E-state index >= 15 is 0 Å². The third-order valence-electron chi connectivity index (χ3n) is 2.42. The molecule has 2 aromatic rings. The number of aryl methyl sites for hydroxylation is 2. The fourth-order valence-electron chi connectivity index (χ4n) is 1.50. The van der Waals surface area contributed by atoms with Crippen LogP contribution in [-0.4, -0.2) is 0 Å². The topological polar surface area (TPSA) is 0 Å². The summed E-state index contributed by atoms with van der Waals surface area (Å²) in [4.78, 5) is 0.913. The van der Waals surface area contributed by atoms with Gasteiger partial charge >= 0.3 is 19.8 Å². The van der Waals surface area contributed by atoms with Gasteiger partial charge in [0.2, 0.25) is 0 Å². The maximum atomic E-state index is 5.12. The maximum absolute atomic E-state index is 5.12. The fraction of sp³-hybridized carbons (Fsp3) is 0.167. The third kappa shape index (κ3) is 2.14. The minimum Gasteiger partial charge on any atom is -0.780 e. The van der Waals surface area contributed by atoms with E-state index in [2.05, 4.69) is 38.1 Å². The average molecular weight is 378 g/mol. The Balaban J connectivity index is 0.000000980. The summed E-state index contributed by atoms with van der Waals surface area (Å²) in [5.41, 5.74) is 2.66. The molecule has 14 heavy (non-hydrogen) atoms. The molecule has 0 N–H and O–H groups in total. The van der Waals surface area contributed by atoms with E-state index in [1.54, 1.807) is 0 Å². The molecule has 1 radical (unpaired) electrons. The van der Waals surface area contributed by atoms with Gasteiger partial charge in [-0.2, -0.15) is 4.90 Å². The Kier molecular flexibility index (Phi) is 3.64. The van der Waals surface area contributed by atoms with Crippen molar-refractivity contribution in [3.8, 4) is 0 Å². The Labute approximate surface area is 103 Å². The molecule has 2 aromatic carbocycles. The molecule has 0 amide bonds. The molecule has 0 saturated heterocycles. The summed E-state index contributed by atoms with van der Waals surface area (Å²) in [5.74, 6) is 0. The van der Waals surface area contributed by atoms with Gasteiger partial charge in [0.1, 0.15) is 0 Å². The first-order valence-electron chi connectivity index (χ1n) is 4.35. The second kappa shape index (κ2) is 4.38. The van der Waals surface area contributed by atoms with Crippen LogP contribution >= 0.6 is 0 Å². The zero-order chi connectivity index (χ0) is 9.42. The summed E-state index contributed by atoms with van der Waals surface area (Å²) in [6.07, 6.45) is 0. The van der Waals surface area contributed by atoms with Crippen molar-refractivity contribution in [2.45, 2.75) is 18.7 Å². The minimum absolute atomic E-state index is 0. The smallest absolute Gasteiger partial charge is 0.780 e. The molecule has 0 aliphatic carbocycles. The van der Waals surface area contributed by atoms with E-state index in [0.717, 1.165) is 4.90 Å². The molecule has 0 unspecified atom stereocenters. The minimum atomic E-state index is 0. The summed E-state index contributed by atoms with van der Waals surface area (Å²) in [5, 5.41) is 2.52. The van der Waals surface area contributed by atoms with E-state index in [9.17, 15) is 0 Å². The van der Waals surface area contributed by atoms with Gasteiger partial charge in [-0.1, -0.05) is 30.3 Å². The molecule has 0 heterocycles. The fourth-order valence-corrected chi connectivity index (χ4v) is 1.70. The molecule has 0 nitrogen and oxygen atoms in total. The predicted molar refractivity (Wildman–Crippen MR) is 59.1 cm³/mol. The summed E-state index contributed by atoms with van der Waals surface area (Å²) < 4.78 is 0. The molecule has 0 fully saturated rings. The molecule has 2 heteroatoms. The van der Waals surface area contributed by atoms with Gasteiger partial charge in [-0.05, 0) is 35.7 Å². The van der Waals surface area contributed by atoms with E-state index in [1.807, 2.05) is 6.07 Å². The van der Waals surface area contributed by atoms with Crippen LogP contribution in [0.2, 0.25) is 0 Å². The van der Waals surface area contributed by atoms with Crippen molar-refractivity contribution in [2.24, 2.45) is 0 Å². The van der Waals surface area contributed by atoms with Gasteiger partial charge < -0.3 is 12.6 Å². The number of hydrogen-bond donors (Lipinski definition) is 0. The normalized spacial score (nSPS) is 9.86. The number of rotatable bonds is 0. The van der Waals surface area contributed by atoms with Crippen LogP contribution in [0.3, 0.4) is 0 Å². The van der Waals surface area contributed by atoms with Crippen LogP contribution in [0.25, 0.3) is 10.8 Å². The van der Waals surface area contributed by atoms with Gasteiger partial charge in [0.05, 0.1) is 0 Å². The van der Waals surface area contributed by atoms with E-state index in [4.69, 9.17) is 12.6 Å². The van der Waals surface area contributed by atoms with Gasteiger partial charge in [-0.15, -0.1) is 0 Å². The van der Waals surface area contributed by atoms with Crippen LogP contribution in [0.5, 0.6) is 0 Å². The SMILES string of the molecule is Cc1cc2ccc([S-])cc2cc1C.[Os+]. The van der Waals surface area contributed by atoms with Crippen LogP contribution in [0.15, 0.2) is 35.2 Å². The van der Waals surface area contributed by atoms with Crippen LogP contribution in [0.1, 0.15) is 11.1 Å². The van der Waals surface area contributed by atoms with E-state index < -0.39 is 0 Å². The molecule has 73 valence electrons. The monoisotopic (exact) mass is 379 g/mol. The van der Waals surface area contributed by atoms with E-state index in [-0.39, 0.29) is 19.8 Å². The van der Waals surface area contributed by atoms with Crippen LogP contribution in [0, 0.1) is 13.8 Å². The third-order valence-corrected chi connectivity index (χ3v) is 2.68. The first kappa shape index (κ1) is 11.6. The number of hydrogen-bond acceptors (Lipinski definition) is 1. The van der Waals surface area contributed by atoms with Gasteiger partial charge in [0.25, 0.3) is 0 Å². The van der Waals surface area contributed by atoms with Gasteiger partial charge in [-0.25, -0.2) is 0 Å². The molecule has 0 aromatic heterocycles. The zero-order valence-corrected chi connectivity index (χ0v) is 11.5. The second-order valence-electron chi connectivity index (χ2n) is 3.45. The van der Waals surface area contributed by atoms with Crippen molar-refractivity contribution >= 4 is 23.4 Å². The van der Waals surface area contributed by atoms with Crippen LogP contribution < -0.4 is 0 Å². The Bertz CT molecular complexity index is 463.